The number of hydrogen-bond acceptors (Lipinski definition) is 2. The van der Waals surface area contributed by atoms with Crippen molar-refractivity contribution in [2.75, 3.05) is 0 Å². The molecule has 2 nitrogen and oxygen atoms in total. The molecule has 0 saturated heterocycles. The molecule has 0 aliphatic carbocycles. The number of fused-ring (bicyclic) bond motifs is 11. The lowest BCUT2D eigenvalue weighted by Gasteiger charge is -2.19. The van der Waals surface area contributed by atoms with Gasteiger partial charge in [0.25, 0.3) is 0 Å². The Morgan fingerprint density at radius 2 is 0.322 bits per heavy atom. The topological polar surface area (TPSA) is 40.5 Å². The van der Waals surface area contributed by atoms with Gasteiger partial charge in [-0.25, -0.2) is 0 Å². The molecule has 540 valence electrons. The maximum absolute atomic E-state index is 10.2. The Morgan fingerprint density at radius 3 is 0.600 bits per heavy atom. The van der Waals surface area contributed by atoms with Crippen molar-refractivity contribution in [2.24, 2.45) is 0 Å². The summed E-state index contributed by atoms with van der Waals surface area (Å²) >= 11 is 6.88. The number of halogens is 2. The maximum atomic E-state index is 10.2. The first kappa shape index (κ1) is 70.7. The van der Waals surface area contributed by atoms with Gasteiger partial charge < -0.3 is 10.0 Å². The van der Waals surface area contributed by atoms with Gasteiger partial charge >= 0.3 is 7.12 Å². The van der Waals surface area contributed by atoms with Gasteiger partial charge in [-0.05, 0) is 268 Å². The molecule has 0 aliphatic rings. The van der Waals surface area contributed by atoms with Gasteiger partial charge in [-0.2, -0.15) is 0 Å². The number of hydrogen-bond donors (Lipinski definition) is 2. The molecular weight excluding hydrogens is 1520 g/mol. The van der Waals surface area contributed by atoms with Gasteiger partial charge in [0.05, 0.1) is 0 Å². The Morgan fingerprint density at radius 1 is 0.148 bits per heavy atom. The van der Waals surface area contributed by atoms with Crippen LogP contribution in [0.15, 0.2) is 428 Å². The molecule has 115 heavy (non-hydrogen) atoms. The van der Waals surface area contributed by atoms with E-state index in [-0.39, 0.29) is 0 Å². The number of benzene rings is 22. The second-order valence-electron chi connectivity index (χ2n) is 29.8. The monoisotopic (exact) mass is 1590 g/mol. The molecule has 0 heterocycles. The molecule has 22 aromatic rings. The molecule has 5 heteroatoms. The Labute approximate surface area is 684 Å². The SMILES string of the molecule is Brc1ccc2cc(Br)ccc2c1.OB(O)c1c2ccccc2c(-c2ccc(-c3ccc4ccccc4c3)cc2)c2ccccc12.c1ccc2cc(-c3ccc(-c4c5ccccc5c(-c5ccc6cc(-c7c8ccccc8c(-c8ccc(-c9ccc%10ccccc%10c9)cc8)c8ccccc78)ccc6c5)c5ccccc45)cc3)ccc2c1. The highest BCUT2D eigenvalue weighted by molar-refractivity contribution is 9.10. The smallest absolute Gasteiger partial charge is 0.423 e. The average Bonchev–Trinajstić information content (AvgIpc) is 0.748. The van der Waals surface area contributed by atoms with Gasteiger partial charge in [-0.15, -0.1) is 0 Å². The van der Waals surface area contributed by atoms with E-state index in [0.717, 1.165) is 41.6 Å². The van der Waals surface area contributed by atoms with Crippen molar-refractivity contribution in [2.45, 2.75) is 0 Å². The van der Waals surface area contributed by atoms with Crippen LogP contribution in [0.5, 0.6) is 0 Å². The van der Waals surface area contributed by atoms with Crippen LogP contribution in [0.1, 0.15) is 0 Å². The number of rotatable bonds is 9. The molecule has 0 amide bonds. The highest BCUT2D eigenvalue weighted by Crippen LogP contribution is 2.48. The first-order valence-electron chi connectivity index (χ1n) is 39.0. The molecule has 0 aromatic heterocycles. The molecule has 0 aliphatic heterocycles. The fraction of sp³-hybridized carbons (Fsp3) is 0. The molecular formula is C110H71BBr2O2. The summed E-state index contributed by atoms with van der Waals surface area (Å²) < 4.78 is 2.25. The van der Waals surface area contributed by atoms with Crippen LogP contribution < -0.4 is 5.46 Å². The minimum absolute atomic E-state index is 0.553. The van der Waals surface area contributed by atoms with E-state index in [2.05, 4.69) is 414 Å². The van der Waals surface area contributed by atoms with Gasteiger partial charge in [0.15, 0.2) is 0 Å². The molecule has 0 bridgehead atoms. The van der Waals surface area contributed by atoms with Crippen molar-refractivity contribution in [3.8, 4) is 89.0 Å². The lowest BCUT2D eigenvalue weighted by Crippen LogP contribution is -2.31. The summed E-state index contributed by atoms with van der Waals surface area (Å²) in [6.07, 6.45) is 0. The van der Waals surface area contributed by atoms with E-state index in [1.165, 1.54) is 175 Å². The molecule has 0 spiro atoms. The molecule has 22 rings (SSSR count). The summed E-state index contributed by atoms with van der Waals surface area (Å²) in [5.41, 5.74) is 20.0. The highest BCUT2D eigenvalue weighted by Gasteiger charge is 2.24. The van der Waals surface area contributed by atoms with Gasteiger partial charge in [0.2, 0.25) is 0 Å². The van der Waals surface area contributed by atoms with Gasteiger partial charge in [-0.1, -0.05) is 396 Å². The molecule has 0 radical (unpaired) electrons. The standard InChI is InChI=1S/C70H44.C30H21BO2.C10H6Br2/c1-3-15-51-41-53(35-29-45(51)13-1)47-25-31-49(32-26-47)67-59-17-5-9-21-63(59)69(64-22-10-6-18-60(64)67)57-39-37-56-44-58(40-38-55(56)43-57)70-65-23-11-7-19-61(65)68(62-20-8-12-24-66(62)70)50-33-27-48(28-34-50)54-36-30-46-14-2-4-16-52(46)42-54;32-31(33)30-27-11-5-3-9-25(27)29(26-10-4-6-12-28(26)30)22-16-13-21(14-17-22)24-18-15-20-7-1-2-8-23(20)19-24;11-9-3-1-7-5-10(12)4-2-8(7)6-9/h1-44H;1-19,32-33H;1-6H. The first-order valence-corrected chi connectivity index (χ1v) is 40.6. The van der Waals surface area contributed by atoms with Gasteiger partial charge in [-0.3, -0.25) is 0 Å². The van der Waals surface area contributed by atoms with Crippen molar-refractivity contribution in [3.63, 3.8) is 0 Å². The molecule has 0 atom stereocenters. The van der Waals surface area contributed by atoms with Gasteiger partial charge in [0.1, 0.15) is 0 Å². The van der Waals surface area contributed by atoms with Crippen molar-refractivity contribution >= 4 is 163 Å². The molecule has 0 unspecified atom stereocenters. The largest absolute Gasteiger partial charge is 0.489 e. The van der Waals surface area contributed by atoms with E-state index >= 15 is 0 Å². The normalized spacial score (nSPS) is 11.5. The maximum Gasteiger partial charge on any atom is 0.489 e. The Bertz CT molecular complexity index is 7080. The van der Waals surface area contributed by atoms with Crippen LogP contribution in [-0.4, -0.2) is 17.2 Å². The van der Waals surface area contributed by atoms with Crippen LogP contribution in [0.4, 0.5) is 0 Å². The van der Waals surface area contributed by atoms with E-state index in [9.17, 15) is 10.0 Å². The van der Waals surface area contributed by atoms with E-state index in [0.29, 0.717) is 5.46 Å². The fourth-order valence-electron chi connectivity index (χ4n) is 17.6. The predicted octanol–water partition coefficient (Wildman–Crippen LogP) is 30.3. The van der Waals surface area contributed by atoms with E-state index in [1.807, 2.05) is 36.4 Å². The third-order valence-corrected chi connectivity index (χ3v) is 24.0. The zero-order chi connectivity index (χ0) is 77.0. The molecule has 2 N–H and O–H groups in total. The fourth-order valence-corrected chi connectivity index (χ4v) is 18.3. The summed E-state index contributed by atoms with van der Waals surface area (Å²) in [4.78, 5) is 0. The van der Waals surface area contributed by atoms with E-state index in [4.69, 9.17) is 0 Å². The van der Waals surface area contributed by atoms with E-state index < -0.39 is 7.12 Å². The Balaban J connectivity index is 0.000000155. The predicted molar refractivity (Wildman–Crippen MR) is 501 cm³/mol. The Kier molecular flexibility index (Phi) is 18.6. The minimum Gasteiger partial charge on any atom is -0.423 e. The molecule has 22 aromatic carbocycles. The quantitative estimate of drug-likeness (QED) is 0.112. The van der Waals surface area contributed by atoms with Crippen molar-refractivity contribution in [1.29, 1.82) is 0 Å². The minimum atomic E-state index is -1.54. The van der Waals surface area contributed by atoms with Crippen molar-refractivity contribution < 1.29 is 10.0 Å². The van der Waals surface area contributed by atoms with Crippen molar-refractivity contribution in [3.05, 3.63) is 428 Å². The molecule has 0 fully saturated rings. The van der Waals surface area contributed by atoms with Crippen LogP contribution in [0.3, 0.4) is 0 Å². The zero-order valence-electron chi connectivity index (χ0n) is 62.6. The highest BCUT2D eigenvalue weighted by atomic mass is 79.9. The zero-order valence-corrected chi connectivity index (χ0v) is 65.7. The second-order valence-corrected chi connectivity index (χ2v) is 31.6. The molecule has 0 saturated carbocycles. The van der Waals surface area contributed by atoms with E-state index in [1.54, 1.807) is 0 Å². The van der Waals surface area contributed by atoms with Crippen molar-refractivity contribution in [1.82, 2.24) is 0 Å². The lowest BCUT2D eigenvalue weighted by molar-refractivity contribution is 0.426. The van der Waals surface area contributed by atoms with Gasteiger partial charge in [0, 0.05) is 8.95 Å². The third kappa shape index (κ3) is 13.4. The van der Waals surface area contributed by atoms with Crippen LogP contribution >= 0.6 is 31.9 Å². The average molecular weight is 1600 g/mol. The van der Waals surface area contributed by atoms with Crippen LogP contribution in [0, 0.1) is 0 Å². The van der Waals surface area contributed by atoms with Crippen LogP contribution in [0.25, 0.3) is 208 Å². The first-order chi connectivity index (χ1) is 56.7. The van der Waals surface area contributed by atoms with Crippen LogP contribution in [-0.2, 0) is 0 Å². The summed E-state index contributed by atoms with van der Waals surface area (Å²) in [7, 11) is -1.54. The summed E-state index contributed by atoms with van der Waals surface area (Å²) in [6.45, 7) is 0. The second kappa shape index (κ2) is 30.3. The summed E-state index contributed by atoms with van der Waals surface area (Å²) in [5, 5.41) is 46.6. The van der Waals surface area contributed by atoms with Crippen LogP contribution in [0.2, 0.25) is 0 Å². The summed E-state index contributed by atoms with van der Waals surface area (Å²) in [6, 6.07) is 151. The third-order valence-electron chi connectivity index (χ3n) is 23.0. The Hall–Kier alpha value is -13.4. The summed E-state index contributed by atoms with van der Waals surface area (Å²) in [5.74, 6) is 0. The lowest BCUT2D eigenvalue weighted by atomic mass is 9.72.